The number of hydrogen-bond donors (Lipinski definition) is 0. The van der Waals surface area contributed by atoms with Crippen molar-refractivity contribution in [3.05, 3.63) is 52.8 Å². The molecule has 0 fully saturated rings. The van der Waals surface area contributed by atoms with Gasteiger partial charge in [-0.05, 0) is 36.8 Å². The van der Waals surface area contributed by atoms with E-state index in [2.05, 4.69) is 23.2 Å². The zero-order valence-corrected chi connectivity index (χ0v) is 16.0. The van der Waals surface area contributed by atoms with E-state index in [9.17, 15) is 4.79 Å². The van der Waals surface area contributed by atoms with Crippen LogP contribution in [0.3, 0.4) is 0 Å². The van der Waals surface area contributed by atoms with E-state index in [0.29, 0.717) is 29.5 Å². The molecular formula is C20H20N2O4S. The minimum absolute atomic E-state index is 0.154. The lowest BCUT2D eigenvalue weighted by Crippen LogP contribution is -2.37. The largest absolute Gasteiger partial charge is 0.485 e. The zero-order chi connectivity index (χ0) is 18.8. The number of carbonyl (C=O) groups is 1. The minimum Gasteiger partial charge on any atom is -0.485 e. The van der Waals surface area contributed by atoms with Gasteiger partial charge >= 0.3 is 0 Å². The smallest absolute Gasteiger partial charge is 0.292 e. The molecule has 1 aromatic heterocycles. The van der Waals surface area contributed by atoms with E-state index in [0.717, 1.165) is 10.2 Å². The van der Waals surface area contributed by atoms with Gasteiger partial charge in [-0.25, -0.2) is 0 Å². The SMILES string of the molecule is COCCn1c(=NC(=O)[C@@H]2COc3ccccc3O2)sc2cc(C)ccc21. The number of ether oxygens (including phenoxy) is 3. The number of hydrogen-bond acceptors (Lipinski definition) is 5. The predicted molar refractivity (Wildman–Crippen MR) is 103 cm³/mol. The number of aromatic nitrogens is 1. The van der Waals surface area contributed by atoms with Crippen molar-refractivity contribution in [3.8, 4) is 11.5 Å². The Morgan fingerprint density at radius 3 is 2.93 bits per heavy atom. The Balaban J connectivity index is 1.68. The van der Waals surface area contributed by atoms with Crippen LogP contribution in [-0.4, -0.2) is 36.9 Å². The van der Waals surface area contributed by atoms with Gasteiger partial charge in [0.25, 0.3) is 5.91 Å². The molecule has 0 radical (unpaired) electrons. The monoisotopic (exact) mass is 384 g/mol. The van der Waals surface area contributed by atoms with Crippen LogP contribution in [0.5, 0.6) is 11.5 Å². The molecule has 6 nitrogen and oxygen atoms in total. The summed E-state index contributed by atoms with van der Waals surface area (Å²) in [6, 6.07) is 13.5. The number of fused-ring (bicyclic) bond motifs is 2. The molecule has 2 heterocycles. The molecule has 0 bridgehead atoms. The Labute approximate surface area is 160 Å². The molecule has 0 unspecified atom stereocenters. The van der Waals surface area contributed by atoms with Gasteiger partial charge in [0.2, 0.25) is 6.10 Å². The van der Waals surface area contributed by atoms with Gasteiger partial charge in [-0.2, -0.15) is 4.99 Å². The van der Waals surface area contributed by atoms with Crippen LogP contribution < -0.4 is 14.3 Å². The predicted octanol–water partition coefficient (Wildman–Crippen LogP) is 2.92. The summed E-state index contributed by atoms with van der Waals surface area (Å²) in [7, 11) is 1.66. The summed E-state index contributed by atoms with van der Waals surface area (Å²) < 4.78 is 19.7. The van der Waals surface area contributed by atoms with Crippen LogP contribution in [0.15, 0.2) is 47.5 Å². The van der Waals surface area contributed by atoms with Crippen molar-refractivity contribution in [2.24, 2.45) is 4.99 Å². The second-order valence-electron chi connectivity index (χ2n) is 6.31. The normalized spacial score (nSPS) is 16.7. The number of amides is 1. The van der Waals surface area contributed by atoms with Crippen molar-refractivity contribution in [3.63, 3.8) is 0 Å². The third kappa shape index (κ3) is 3.61. The van der Waals surface area contributed by atoms with Crippen LogP contribution in [0.4, 0.5) is 0 Å². The van der Waals surface area contributed by atoms with Gasteiger partial charge in [-0.15, -0.1) is 0 Å². The molecule has 3 aromatic rings. The van der Waals surface area contributed by atoms with E-state index in [1.807, 2.05) is 29.7 Å². The Bertz CT molecular complexity index is 1050. The molecule has 140 valence electrons. The fraction of sp³-hybridized carbons (Fsp3) is 0.300. The average molecular weight is 384 g/mol. The van der Waals surface area contributed by atoms with Gasteiger partial charge in [0.15, 0.2) is 16.3 Å². The molecule has 1 aliphatic rings. The summed E-state index contributed by atoms with van der Waals surface area (Å²) in [6.07, 6.45) is -0.747. The highest BCUT2D eigenvalue weighted by molar-refractivity contribution is 7.16. The Kier molecular flexibility index (Phi) is 4.96. The minimum atomic E-state index is -0.747. The number of carbonyl (C=O) groups excluding carboxylic acids is 1. The lowest BCUT2D eigenvalue weighted by molar-refractivity contribution is -0.127. The maximum Gasteiger partial charge on any atom is 0.292 e. The average Bonchev–Trinajstić information content (AvgIpc) is 3.01. The summed E-state index contributed by atoms with van der Waals surface area (Å²) in [4.78, 5) is 17.7. The van der Waals surface area contributed by atoms with Gasteiger partial charge in [-0.1, -0.05) is 29.5 Å². The molecular weight excluding hydrogens is 364 g/mol. The van der Waals surface area contributed by atoms with Crippen LogP contribution in [0.25, 0.3) is 10.2 Å². The number of benzene rings is 2. The maximum absolute atomic E-state index is 12.7. The number of rotatable bonds is 4. The van der Waals surface area contributed by atoms with Crippen LogP contribution in [-0.2, 0) is 16.1 Å². The number of nitrogens with zero attached hydrogens (tertiary/aromatic N) is 2. The van der Waals surface area contributed by atoms with Gasteiger partial charge in [-0.3, -0.25) is 4.79 Å². The van der Waals surface area contributed by atoms with Crippen molar-refractivity contribution < 1.29 is 19.0 Å². The van der Waals surface area contributed by atoms with Crippen molar-refractivity contribution in [2.45, 2.75) is 19.6 Å². The fourth-order valence-corrected chi connectivity index (χ4v) is 4.13. The first-order valence-corrected chi connectivity index (χ1v) is 9.53. The van der Waals surface area contributed by atoms with Crippen LogP contribution in [0.1, 0.15) is 5.56 Å². The van der Waals surface area contributed by atoms with Crippen LogP contribution >= 0.6 is 11.3 Å². The molecule has 7 heteroatoms. The number of para-hydroxylation sites is 2. The molecule has 1 amide bonds. The standard InChI is InChI=1S/C20H20N2O4S/c1-13-7-8-14-18(11-13)27-20(22(14)9-10-24-2)21-19(23)17-12-25-15-5-3-4-6-16(15)26-17/h3-8,11,17H,9-10,12H2,1-2H3/t17-/m0/s1. The van der Waals surface area contributed by atoms with Gasteiger partial charge in [0.05, 0.1) is 16.8 Å². The molecule has 1 aliphatic heterocycles. The number of methoxy groups -OCH3 is 1. The molecule has 1 atom stereocenters. The van der Waals surface area contributed by atoms with Crippen molar-refractivity contribution in [2.75, 3.05) is 20.3 Å². The summed E-state index contributed by atoms with van der Waals surface area (Å²) in [5.74, 6) is 0.865. The van der Waals surface area contributed by atoms with Gasteiger partial charge in [0.1, 0.15) is 6.61 Å². The van der Waals surface area contributed by atoms with Gasteiger partial charge < -0.3 is 18.8 Å². The molecule has 4 rings (SSSR count). The lowest BCUT2D eigenvalue weighted by Gasteiger charge is -2.23. The molecule has 27 heavy (non-hydrogen) atoms. The second kappa shape index (κ2) is 7.54. The first-order valence-electron chi connectivity index (χ1n) is 8.71. The van der Waals surface area contributed by atoms with Crippen LogP contribution in [0.2, 0.25) is 0 Å². The number of thiazole rings is 1. The van der Waals surface area contributed by atoms with Crippen molar-refractivity contribution >= 4 is 27.5 Å². The highest BCUT2D eigenvalue weighted by Gasteiger charge is 2.27. The van der Waals surface area contributed by atoms with E-state index in [4.69, 9.17) is 14.2 Å². The summed E-state index contributed by atoms with van der Waals surface area (Å²) >= 11 is 1.49. The molecule has 0 saturated heterocycles. The molecule has 0 aliphatic carbocycles. The zero-order valence-electron chi connectivity index (χ0n) is 15.2. The van der Waals surface area contributed by atoms with E-state index in [1.54, 1.807) is 13.2 Å². The number of aryl methyl sites for hydroxylation is 1. The van der Waals surface area contributed by atoms with E-state index in [-0.39, 0.29) is 12.5 Å². The van der Waals surface area contributed by atoms with E-state index in [1.165, 1.54) is 16.9 Å². The fourth-order valence-electron chi connectivity index (χ4n) is 2.97. The highest BCUT2D eigenvalue weighted by atomic mass is 32.1. The molecule has 0 saturated carbocycles. The Hall–Kier alpha value is -2.64. The molecule has 0 spiro atoms. The highest BCUT2D eigenvalue weighted by Crippen LogP contribution is 2.31. The third-order valence-electron chi connectivity index (χ3n) is 4.35. The maximum atomic E-state index is 12.7. The summed E-state index contributed by atoms with van der Waals surface area (Å²) in [6.45, 7) is 3.36. The molecule has 2 aromatic carbocycles. The summed E-state index contributed by atoms with van der Waals surface area (Å²) in [5, 5.41) is 0. The van der Waals surface area contributed by atoms with Crippen molar-refractivity contribution in [1.82, 2.24) is 4.57 Å². The topological polar surface area (TPSA) is 62.1 Å². The first kappa shape index (κ1) is 17.8. The first-order chi connectivity index (χ1) is 13.2. The quantitative estimate of drug-likeness (QED) is 0.694. The van der Waals surface area contributed by atoms with E-state index >= 15 is 0 Å². The Morgan fingerprint density at radius 2 is 2.11 bits per heavy atom. The van der Waals surface area contributed by atoms with Crippen molar-refractivity contribution in [1.29, 1.82) is 0 Å². The Morgan fingerprint density at radius 1 is 1.30 bits per heavy atom. The third-order valence-corrected chi connectivity index (χ3v) is 5.39. The van der Waals surface area contributed by atoms with E-state index < -0.39 is 6.10 Å². The summed E-state index contributed by atoms with van der Waals surface area (Å²) in [5.41, 5.74) is 2.21. The molecule has 0 N–H and O–H groups in total. The second-order valence-corrected chi connectivity index (χ2v) is 7.32. The lowest BCUT2D eigenvalue weighted by atomic mass is 10.2. The van der Waals surface area contributed by atoms with Crippen LogP contribution in [0, 0.1) is 6.92 Å². The van der Waals surface area contributed by atoms with Gasteiger partial charge in [0, 0.05) is 13.7 Å².